The van der Waals surface area contributed by atoms with Gasteiger partial charge in [0.05, 0.1) is 24.4 Å². The summed E-state index contributed by atoms with van der Waals surface area (Å²) < 4.78 is 17.8. The topological polar surface area (TPSA) is 40.6 Å². The largest absolute Gasteiger partial charge is 0.490 e. The highest BCUT2D eigenvalue weighted by Crippen LogP contribution is 2.32. The highest BCUT2D eigenvalue weighted by molar-refractivity contribution is 5.88. The van der Waals surface area contributed by atoms with Crippen LogP contribution in [-0.2, 0) is 6.61 Å². The summed E-state index contributed by atoms with van der Waals surface area (Å²) in [6.07, 6.45) is 6.04. The number of benzene rings is 3. The van der Waals surface area contributed by atoms with Crippen LogP contribution in [0.5, 0.6) is 17.2 Å². The zero-order chi connectivity index (χ0) is 23.6. The molecule has 0 saturated heterocycles. The highest BCUT2D eigenvalue weighted by Gasteiger charge is 2.12. The lowest BCUT2D eigenvalue weighted by Crippen LogP contribution is -2.01. The Labute approximate surface area is 201 Å². The Hall–Kier alpha value is -3.79. The molecule has 0 aliphatic carbocycles. The summed E-state index contributed by atoms with van der Waals surface area (Å²) in [5.41, 5.74) is 4.06. The second-order valence-corrected chi connectivity index (χ2v) is 8.02. The minimum Gasteiger partial charge on any atom is -0.490 e. The lowest BCUT2D eigenvalue weighted by Gasteiger charge is -2.14. The maximum absolute atomic E-state index is 6.30. The predicted octanol–water partition coefficient (Wildman–Crippen LogP) is 7.39. The molecular formula is C30H31NO3. The zero-order valence-electron chi connectivity index (χ0n) is 19.9. The summed E-state index contributed by atoms with van der Waals surface area (Å²) in [4.78, 5) is 4.87. The van der Waals surface area contributed by atoms with E-state index in [0.29, 0.717) is 19.8 Å². The average Bonchev–Trinajstić information content (AvgIpc) is 2.87. The van der Waals surface area contributed by atoms with E-state index in [1.54, 1.807) is 0 Å². The highest BCUT2D eigenvalue weighted by atomic mass is 16.5. The zero-order valence-corrected chi connectivity index (χ0v) is 19.9. The van der Waals surface area contributed by atoms with Crippen LogP contribution in [0.2, 0.25) is 0 Å². The van der Waals surface area contributed by atoms with Crippen LogP contribution in [0, 0.1) is 6.92 Å². The number of hydrogen-bond donors (Lipinski definition) is 0. The first-order valence-corrected chi connectivity index (χ1v) is 11.8. The van der Waals surface area contributed by atoms with E-state index in [0.717, 1.165) is 57.8 Å². The third-order valence-corrected chi connectivity index (χ3v) is 5.54. The van der Waals surface area contributed by atoms with Crippen molar-refractivity contribution in [1.82, 2.24) is 4.98 Å². The van der Waals surface area contributed by atoms with E-state index in [1.165, 1.54) is 0 Å². The molecule has 0 bridgehead atoms. The van der Waals surface area contributed by atoms with Crippen LogP contribution in [0.4, 0.5) is 0 Å². The van der Waals surface area contributed by atoms with E-state index in [9.17, 15) is 0 Å². The van der Waals surface area contributed by atoms with Crippen molar-refractivity contribution in [1.29, 1.82) is 0 Å². The molecule has 3 aromatic carbocycles. The Morgan fingerprint density at radius 1 is 0.794 bits per heavy atom. The lowest BCUT2D eigenvalue weighted by molar-refractivity contribution is 0.274. The van der Waals surface area contributed by atoms with E-state index < -0.39 is 0 Å². The van der Waals surface area contributed by atoms with Crippen molar-refractivity contribution in [3.05, 3.63) is 102 Å². The molecule has 174 valence electrons. The summed E-state index contributed by atoms with van der Waals surface area (Å²) in [6.45, 7) is 5.83. The van der Waals surface area contributed by atoms with Gasteiger partial charge in [0, 0.05) is 10.9 Å². The number of unbranched alkanes of at least 4 members (excludes halogenated alkanes) is 1. The smallest absolute Gasteiger partial charge is 0.161 e. The van der Waals surface area contributed by atoms with Crippen LogP contribution in [0.25, 0.3) is 17.0 Å². The summed E-state index contributed by atoms with van der Waals surface area (Å²) >= 11 is 0. The summed E-state index contributed by atoms with van der Waals surface area (Å²) in [5, 5.41) is 1.04. The molecule has 4 heteroatoms. The third-order valence-electron chi connectivity index (χ3n) is 5.54. The molecule has 1 aromatic heterocycles. The maximum atomic E-state index is 6.30. The van der Waals surface area contributed by atoms with Gasteiger partial charge in [0.15, 0.2) is 11.5 Å². The van der Waals surface area contributed by atoms with Crippen LogP contribution in [0.15, 0.2) is 84.9 Å². The number of fused-ring (bicyclic) bond motifs is 1. The van der Waals surface area contributed by atoms with E-state index >= 15 is 0 Å². The van der Waals surface area contributed by atoms with Crippen molar-refractivity contribution in [3.63, 3.8) is 0 Å². The third kappa shape index (κ3) is 5.96. The minimum atomic E-state index is 0.527. The summed E-state index contributed by atoms with van der Waals surface area (Å²) in [5.74, 6) is 2.48. The molecule has 1 heterocycles. The van der Waals surface area contributed by atoms with Gasteiger partial charge in [0.25, 0.3) is 0 Å². The van der Waals surface area contributed by atoms with Gasteiger partial charge in [0.2, 0.25) is 0 Å². The molecule has 0 aliphatic heterocycles. The molecule has 0 aliphatic rings. The Kier molecular flexibility index (Phi) is 8.18. The van der Waals surface area contributed by atoms with E-state index in [1.807, 2.05) is 67.6 Å². The molecule has 0 atom stereocenters. The molecule has 4 rings (SSSR count). The van der Waals surface area contributed by atoms with E-state index in [4.69, 9.17) is 19.2 Å². The van der Waals surface area contributed by atoms with Crippen molar-refractivity contribution in [2.45, 2.75) is 33.3 Å². The number of pyridine rings is 1. The fourth-order valence-corrected chi connectivity index (χ4v) is 3.80. The number of aromatic nitrogens is 1. The first-order chi connectivity index (χ1) is 16.8. The predicted molar refractivity (Wildman–Crippen MR) is 139 cm³/mol. The fraction of sp³-hybridized carbons (Fsp3) is 0.233. The molecule has 0 fully saturated rings. The monoisotopic (exact) mass is 453 g/mol. The second-order valence-electron chi connectivity index (χ2n) is 8.02. The van der Waals surface area contributed by atoms with Crippen LogP contribution in [-0.4, -0.2) is 18.2 Å². The first kappa shape index (κ1) is 23.4. The number of nitrogens with zero attached hydrogens (tertiary/aromatic N) is 1. The number of hydrogen-bond acceptors (Lipinski definition) is 4. The minimum absolute atomic E-state index is 0.527. The van der Waals surface area contributed by atoms with Crippen molar-refractivity contribution in [3.8, 4) is 17.2 Å². The standard InChI is InChI=1S/C30H31NO3/c1-3-32-28-19-11-12-20-29(28)33-21-13-5-8-17-26-23(2)30(25-16-9-10-18-27(25)31-26)34-22-24-14-6-4-7-15-24/h4,6-12,14-20H,3,5,13,21-22H2,1-2H3/b17-8+. The Morgan fingerprint density at radius 3 is 2.29 bits per heavy atom. The molecule has 0 amide bonds. The van der Waals surface area contributed by atoms with Gasteiger partial charge in [-0.2, -0.15) is 0 Å². The fourth-order valence-electron chi connectivity index (χ4n) is 3.80. The van der Waals surface area contributed by atoms with Gasteiger partial charge >= 0.3 is 0 Å². The van der Waals surface area contributed by atoms with Gasteiger partial charge in [-0.25, -0.2) is 4.98 Å². The molecule has 4 nitrogen and oxygen atoms in total. The summed E-state index contributed by atoms with van der Waals surface area (Å²) in [7, 11) is 0. The Morgan fingerprint density at radius 2 is 1.50 bits per heavy atom. The van der Waals surface area contributed by atoms with E-state index in [-0.39, 0.29) is 0 Å². The van der Waals surface area contributed by atoms with E-state index in [2.05, 4.69) is 37.3 Å². The summed E-state index contributed by atoms with van der Waals surface area (Å²) in [6, 6.07) is 26.2. The van der Waals surface area contributed by atoms with Crippen molar-refractivity contribution in [2.24, 2.45) is 0 Å². The average molecular weight is 454 g/mol. The van der Waals surface area contributed by atoms with Gasteiger partial charge in [-0.15, -0.1) is 0 Å². The van der Waals surface area contributed by atoms with Gasteiger partial charge in [0.1, 0.15) is 12.4 Å². The van der Waals surface area contributed by atoms with Gasteiger partial charge in [-0.3, -0.25) is 0 Å². The number of rotatable bonds is 11. The van der Waals surface area contributed by atoms with Crippen molar-refractivity contribution >= 4 is 17.0 Å². The normalized spacial score (nSPS) is 11.1. The van der Waals surface area contributed by atoms with Crippen LogP contribution in [0.1, 0.15) is 36.6 Å². The van der Waals surface area contributed by atoms with Crippen molar-refractivity contribution in [2.75, 3.05) is 13.2 Å². The van der Waals surface area contributed by atoms with Crippen LogP contribution < -0.4 is 14.2 Å². The number of para-hydroxylation sites is 3. The maximum Gasteiger partial charge on any atom is 0.161 e. The first-order valence-electron chi connectivity index (χ1n) is 11.8. The number of allylic oxidation sites excluding steroid dienone is 1. The second kappa shape index (κ2) is 11.9. The van der Waals surface area contributed by atoms with Crippen LogP contribution >= 0.6 is 0 Å². The molecule has 0 saturated carbocycles. The van der Waals surface area contributed by atoms with Gasteiger partial charge in [-0.05, 0) is 62.6 Å². The van der Waals surface area contributed by atoms with Crippen molar-refractivity contribution < 1.29 is 14.2 Å². The Bertz CT molecular complexity index is 1230. The van der Waals surface area contributed by atoms with Crippen LogP contribution in [0.3, 0.4) is 0 Å². The SMILES string of the molecule is CCOc1ccccc1OCCC/C=C/c1nc2ccccc2c(OCc2ccccc2)c1C. The molecule has 34 heavy (non-hydrogen) atoms. The molecular weight excluding hydrogens is 422 g/mol. The quantitative estimate of drug-likeness (QED) is 0.222. The number of ether oxygens (including phenoxy) is 3. The molecule has 0 radical (unpaired) electrons. The van der Waals surface area contributed by atoms with Gasteiger partial charge in [-0.1, -0.05) is 60.7 Å². The van der Waals surface area contributed by atoms with Gasteiger partial charge < -0.3 is 14.2 Å². The molecule has 0 spiro atoms. The molecule has 0 N–H and O–H groups in total. The molecule has 0 unspecified atom stereocenters. The Balaban J connectivity index is 1.41. The molecule has 4 aromatic rings. The lowest BCUT2D eigenvalue weighted by atomic mass is 10.1.